The number of hydrogen-bond donors (Lipinski definition) is 1. The van der Waals surface area contributed by atoms with Gasteiger partial charge in [-0.25, -0.2) is 26.4 Å². The monoisotopic (exact) mass is 483 g/mol. The summed E-state index contributed by atoms with van der Waals surface area (Å²) < 4.78 is 81.0. The van der Waals surface area contributed by atoms with Crippen molar-refractivity contribution in [3.63, 3.8) is 0 Å². The Labute approximate surface area is 185 Å². The van der Waals surface area contributed by atoms with E-state index in [1.807, 2.05) is 4.72 Å². The van der Waals surface area contributed by atoms with E-state index in [1.165, 1.54) is 6.07 Å². The Morgan fingerprint density at radius 2 is 1.81 bits per heavy atom. The van der Waals surface area contributed by atoms with Gasteiger partial charge in [-0.3, -0.25) is 4.72 Å². The lowest BCUT2D eigenvalue weighted by Gasteiger charge is -2.15. The molecule has 0 radical (unpaired) electrons. The van der Waals surface area contributed by atoms with Gasteiger partial charge in [0.2, 0.25) is 0 Å². The Morgan fingerprint density at radius 1 is 1.06 bits per heavy atom. The molecule has 1 aliphatic rings. The highest BCUT2D eigenvalue weighted by Crippen LogP contribution is 2.37. The molecule has 11 heteroatoms. The smallest absolute Gasteiger partial charge is 0.338 e. The van der Waals surface area contributed by atoms with Crippen molar-refractivity contribution in [3.8, 4) is 16.9 Å². The lowest BCUT2D eigenvalue weighted by molar-refractivity contribution is 0.0472. The van der Waals surface area contributed by atoms with E-state index in [1.54, 1.807) is 0 Å². The molecule has 0 atom stereocenters. The normalized spacial score (nSPS) is 14.7. The molecular formula is C21H13ClF3NO5S. The summed E-state index contributed by atoms with van der Waals surface area (Å²) in [6.07, 6.45) is 0. The van der Waals surface area contributed by atoms with Crippen LogP contribution in [0.1, 0.15) is 15.9 Å². The molecule has 0 saturated carbocycles. The second-order valence-corrected chi connectivity index (χ2v) is 8.85. The average molecular weight is 484 g/mol. The molecule has 3 aromatic rings. The van der Waals surface area contributed by atoms with Crippen molar-refractivity contribution in [1.29, 1.82) is 0 Å². The van der Waals surface area contributed by atoms with E-state index in [0.717, 1.165) is 43.5 Å². The van der Waals surface area contributed by atoms with E-state index in [0.29, 0.717) is 0 Å². The summed E-state index contributed by atoms with van der Waals surface area (Å²) in [5, 5.41) is -0.232. The molecule has 6 nitrogen and oxygen atoms in total. The first-order valence-electron chi connectivity index (χ1n) is 8.96. The van der Waals surface area contributed by atoms with E-state index >= 15 is 0 Å². The molecule has 0 saturated heterocycles. The Morgan fingerprint density at radius 3 is 2.53 bits per heavy atom. The zero-order valence-electron chi connectivity index (χ0n) is 16.2. The highest BCUT2D eigenvalue weighted by Gasteiger charge is 2.28. The van der Waals surface area contributed by atoms with Crippen LogP contribution in [0.2, 0.25) is 5.02 Å². The number of halogens is 4. The quantitative estimate of drug-likeness (QED) is 0.498. The molecule has 0 aliphatic carbocycles. The predicted molar refractivity (Wildman–Crippen MR) is 110 cm³/mol. The maximum atomic E-state index is 14.5. The summed E-state index contributed by atoms with van der Waals surface area (Å²) in [5.74, 6) is -4.72. The van der Waals surface area contributed by atoms with Gasteiger partial charge < -0.3 is 9.47 Å². The predicted octanol–water partition coefficient (Wildman–Crippen LogP) is 4.90. The van der Waals surface area contributed by atoms with E-state index in [4.69, 9.17) is 21.1 Å². The van der Waals surface area contributed by atoms with Crippen LogP contribution in [0, 0.1) is 17.5 Å². The lowest BCUT2D eigenvalue weighted by Crippen LogP contribution is -2.17. The maximum absolute atomic E-state index is 14.5. The van der Waals surface area contributed by atoms with Crippen LogP contribution in [0.4, 0.5) is 18.9 Å². The van der Waals surface area contributed by atoms with Crippen molar-refractivity contribution < 1.29 is 35.9 Å². The minimum absolute atomic E-state index is 0.0311. The van der Waals surface area contributed by atoms with Crippen LogP contribution in [0.5, 0.6) is 5.75 Å². The van der Waals surface area contributed by atoms with Crippen molar-refractivity contribution in [3.05, 3.63) is 76.1 Å². The molecule has 4 rings (SSSR count). The lowest BCUT2D eigenvalue weighted by atomic mass is 9.99. The number of carbonyl (C=O) groups is 1. The van der Waals surface area contributed by atoms with Crippen molar-refractivity contribution in [1.82, 2.24) is 0 Å². The number of sulfonamides is 1. The number of anilines is 1. The third-order valence-electron chi connectivity index (χ3n) is 4.75. The van der Waals surface area contributed by atoms with Crippen molar-refractivity contribution in [2.24, 2.45) is 0 Å². The SMILES string of the molecule is COc1c(Cl)cc2cc1S(=O)(=O)Nc1cc(cc(F)c1F)-c1ccc(F)cc1COC2=O. The Kier molecular flexibility index (Phi) is 5.51. The van der Waals surface area contributed by atoms with Crippen molar-refractivity contribution in [2.75, 3.05) is 11.8 Å². The molecule has 1 aliphatic heterocycles. The van der Waals surface area contributed by atoms with Crippen molar-refractivity contribution in [2.45, 2.75) is 11.5 Å². The van der Waals surface area contributed by atoms with Crippen LogP contribution in [-0.2, 0) is 21.4 Å². The van der Waals surface area contributed by atoms with Gasteiger partial charge in [0.15, 0.2) is 17.4 Å². The zero-order chi connectivity index (χ0) is 23.2. The summed E-state index contributed by atoms with van der Waals surface area (Å²) in [4.78, 5) is 12.0. The van der Waals surface area contributed by atoms with E-state index in [2.05, 4.69) is 0 Å². The molecule has 4 bridgehead atoms. The fourth-order valence-electron chi connectivity index (χ4n) is 3.29. The number of benzene rings is 3. The number of carbonyl (C=O) groups excluding carboxylic acids is 1. The number of rotatable bonds is 1. The standard InChI is InChI=1S/C21H13ClF3NO5S/c1-30-20-15(22)5-11-8-18(20)32(28,29)26-17-7-10(6-16(24)19(17)25)14-3-2-13(23)4-12(14)9-31-21(11)27/h2-8,26H,9H2,1H3. The molecule has 0 fully saturated rings. The molecule has 0 amide bonds. The number of ether oxygens (including phenoxy) is 2. The number of fused-ring (bicyclic) bond motifs is 6. The first kappa shape index (κ1) is 22.0. The summed E-state index contributed by atoms with van der Waals surface area (Å²) in [5.41, 5.74) is -0.557. The minimum Gasteiger partial charge on any atom is -0.494 e. The molecule has 0 unspecified atom stereocenters. The number of methoxy groups -OCH3 is 1. The van der Waals surface area contributed by atoms with Crippen LogP contribution in [0.3, 0.4) is 0 Å². The summed E-state index contributed by atoms with van der Waals surface area (Å²) in [6.45, 7) is -0.431. The summed E-state index contributed by atoms with van der Waals surface area (Å²) in [6, 6.07) is 7.36. The number of cyclic esters (lactones) is 1. The molecule has 0 spiro atoms. The topological polar surface area (TPSA) is 81.7 Å². The maximum Gasteiger partial charge on any atom is 0.338 e. The Hall–Kier alpha value is -3.24. The Bertz CT molecular complexity index is 1380. The van der Waals surface area contributed by atoms with Crippen LogP contribution in [-0.4, -0.2) is 21.5 Å². The van der Waals surface area contributed by atoms with Gasteiger partial charge in [0.25, 0.3) is 10.0 Å². The molecule has 32 heavy (non-hydrogen) atoms. The van der Waals surface area contributed by atoms with Crippen molar-refractivity contribution >= 4 is 33.3 Å². The fraction of sp³-hybridized carbons (Fsp3) is 0.0952. The molecule has 166 valence electrons. The third-order valence-corrected chi connectivity index (χ3v) is 6.40. The number of esters is 1. The van der Waals surface area contributed by atoms with Crippen LogP contribution in [0.25, 0.3) is 11.1 Å². The highest BCUT2D eigenvalue weighted by molar-refractivity contribution is 7.92. The van der Waals surface area contributed by atoms with Gasteiger partial charge in [-0.15, -0.1) is 0 Å². The van der Waals surface area contributed by atoms with Gasteiger partial charge in [-0.1, -0.05) is 17.7 Å². The second kappa shape index (κ2) is 8.03. The van der Waals surface area contributed by atoms with Gasteiger partial charge in [-0.05, 0) is 47.5 Å². The highest BCUT2D eigenvalue weighted by atomic mass is 35.5. The minimum atomic E-state index is -4.60. The first-order chi connectivity index (χ1) is 15.1. The van der Waals surface area contributed by atoms with Gasteiger partial charge in [0, 0.05) is 5.56 Å². The zero-order valence-corrected chi connectivity index (χ0v) is 17.8. The number of hydrogen-bond acceptors (Lipinski definition) is 5. The fourth-order valence-corrected chi connectivity index (χ4v) is 4.91. The number of nitrogens with one attached hydrogen (secondary N) is 1. The van der Waals surface area contributed by atoms with E-state index in [9.17, 15) is 26.4 Å². The van der Waals surface area contributed by atoms with Gasteiger partial charge in [0.05, 0.1) is 23.4 Å². The third kappa shape index (κ3) is 3.87. The average Bonchev–Trinajstić information content (AvgIpc) is 2.74. The van der Waals surface area contributed by atoms with E-state index in [-0.39, 0.29) is 33.0 Å². The molecule has 1 N–H and O–H groups in total. The largest absolute Gasteiger partial charge is 0.494 e. The summed E-state index contributed by atoms with van der Waals surface area (Å²) in [7, 11) is -3.45. The second-order valence-electron chi connectivity index (χ2n) is 6.79. The van der Waals surface area contributed by atoms with Crippen LogP contribution < -0.4 is 9.46 Å². The Balaban J connectivity index is 2.03. The molecular weight excluding hydrogens is 471 g/mol. The van der Waals surface area contributed by atoms with Gasteiger partial charge >= 0.3 is 5.97 Å². The van der Waals surface area contributed by atoms with Gasteiger partial charge in [0.1, 0.15) is 17.3 Å². The summed E-state index contributed by atoms with van der Waals surface area (Å²) >= 11 is 6.08. The molecule has 1 heterocycles. The molecule has 0 aromatic heterocycles. The van der Waals surface area contributed by atoms with E-state index < -0.39 is 50.6 Å². The van der Waals surface area contributed by atoms with Gasteiger partial charge in [-0.2, -0.15) is 0 Å². The first-order valence-corrected chi connectivity index (χ1v) is 10.8. The van der Waals surface area contributed by atoms with Crippen LogP contribution >= 0.6 is 11.6 Å². The van der Waals surface area contributed by atoms with Crippen LogP contribution in [0.15, 0.2) is 47.4 Å². The molecule has 3 aromatic carbocycles.